The smallest absolute Gasteiger partial charge is 0.305 e. The van der Waals surface area contributed by atoms with Crippen molar-refractivity contribution in [2.24, 2.45) is 0 Å². The number of carbonyl (C=O) groups is 1. The molecule has 0 amide bonds. The summed E-state index contributed by atoms with van der Waals surface area (Å²) in [7, 11) is -2.60. The molecule has 0 aromatic rings. The zero-order chi connectivity index (χ0) is 18.1. The van der Waals surface area contributed by atoms with E-state index in [0.717, 1.165) is 19.3 Å². The molecule has 0 radical (unpaired) electrons. The minimum Gasteiger partial charge on any atom is -0.469 e. The lowest BCUT2D eigenvalue weighted by Gasteiger charge is -2.01. The first kappa shape index (κ1) is 15.1. The molecule has 0 aliphatic rings. The molecule has 0 saturated heterocycles. The lowest BCUT2D eigenvalue weighted by atomic mass is 10.1. The molecule has 0 fully saturated rings. The number of unbranched alkanes of at least 4 members (excludes halogenated alkanes) is 11. The molecular weight excluding hydrogens is 260 g/mol. The van der Waals surface area contributed by atoms with Crippen molar-refractivity contribution in [3.8, 4) is 0 Å². The van der Waals surface area contributed by atoms with Gasteiger partial charge in [0.05, 0.1) is 11.2 Å². The number of hydrogen-bond acceptors (Lipinski definition) is 2. The van der Waals surface area contributed by atoms with Crippen LogP contribution in [0.1, 0.15) is 101 Å². The third kappa shape index (κ3) is 17.2. The summed E-state index contributed by atoms with van der Waals surface area (Å²) in [5.74, 6) is -0.614. The van der Waals surface area contributed by atoms with Gasteiger partial charge in [-0.2, -0.15) is 0 Å². The predicted octanol–water partition coefficient (Wildman–Crippen LogP) is 6.20. The molecule has 0 atom stereocenters. The Kier molecular flexibility index (Phi) is 12.4. The summed E-state index contributed by atoms with van der Waals surface area (Å²) in [6, 6.07) is 0. The van der Waals surface area contributed by atoms with E-state index in [2.05, 4.69) is 23.8 Å². The summed E-state index contributed by atoms with van der Waals surface area (Å²) in [6.45, 7) is 2.24. The minimum atomic E-state index is -2.60. The molecule has 2 nitrogen and oxygen atoms in total. The van der Waals surface area contributed by atoms with Crippen molar-refractivity contribution in [1.29, 1.82) is 0 Å². The van der Waals surface area contributed by atoms with E-state index in [1.54, 1.807) is 0 Å². The quantitative estimate of drug-likeness (QED) is 0.204. The summed E-state index contributed by atoms with van der Waals surface area (Å²) < 4.78 is 24.8. The Labute approximate surface area is 136 Å². The fraction of sp³-hybridized carbons (Fsp3) is 0.842. The van der Waals surface area contributed by atoms with Crippen LogP contribution in [0, 0.1) is 0 Å². The van der Waals surface area contributed by atoms with Gasteiger partial charge in [-0.05, 0) is 32.1 Å². The molecule has 0 aromatic heterocycles. The third-order valence-corrected chi connectivity index (χ3v) is 3.76. The highest BCUT2D eigenvalue weighted by Crippen LogP contribution is 2.10. The van der Waals surface area contributed by atoms with E-state index in [9.17, 15) is 4.79 Å². The van der Waals surface area contributed by atoms with E-state index in [-0.39, 0.29) is 6.42 Å². The lowest BCUT2D eigenvalue weighted by molar-refractivity contribution is -0.140. The molecule has 2 heteroatoms. The van der Waals surface area contributed by atoms with E-state index >= 15 is 0 Å². The molecule has 0 aliphatic carbocycles. The molecule has 0 aliphatic heterocycles. The van der Waals surface area contributed by atoms with Gasteiger partial charge in [-0.1, -0.05) is 70.4 Å². The molecule has 0 heterocycles. The van der Waals surface area contributed by atoms with E-state index < -0.39 is 13.0 Å². The second kappa shape index (κ2) is 17.3. The Morgan fingerprint density at radius 2 is 1.38 bits per heavy atom. The fourth-order valence-corrected chi connectivity index (χ4v) is 2.39. The maximum absolute atomic E-state index is 11.2. The molecule has 0 rings (SSSR count). The van der Waals surface area contributed by atoms with Crippen molar-refractivity contribution in [2.45, 2.75) is 96.8 Å². The number of rotatable bonds is 15. The van der Waals surface area contributed by atoms with E-state index in [1.807, 2.05) is 0 Å². The highest BCUT2D eigenvalue weighted by Gasteiger charge is 1.98. The average molecular weight is 300 g/mol. The van der Waals surface area contributed by atoms with Gasteiger partial charge in [0.25, 0.3) is 0 Å². The Bertz CT molecular complexity index is 325. The highest BCUT2D eigenvalue weighted by atomic mass is 16.5. The number of allylic oxidation sites excluding steroid dienone is 2. The molecule has 0 saturated carbocycles. The SMILES string of the molecule is [2H]C([2H])([2H])OC(=O)CCCCCCCCC/C=C/CCCCCC. The van der Waals surface area contributed by atoms with Crippen LogP contribution < -0.4 is 0 Å². The van der Waals surface area contributed by atoms with Crippen molar-refractivity contribution in [2.75, 3.05) is 7.04 Å². The van der Waals surface area contributed by atoms with E-state index in [1.165, 1.54) is 64.2 Å². The highest BCUT2D eigenvalue weighted by molar-refractivity contribution is 5.68. The molecular formula is C19H36O2. The second-order valence-electron chi connectivity index (χ2n) is 5.81. The van der Waals surface area contributed by atoms with Crippen molar-refractivity contribution in [1.82, 2.24) is 0 Å². The van der Waals surface area contributed by atoms with Gasteiger partial charge >= 0.3 is 5.97 Å². The lowest BCUT2D eigenvalue weighted by Crippen LogP contribution is -1.99. The minimum absolute atomic E-state index is 0.210. The van der Waals surface area contributed by atoms with Gasteiger partial charge in [-0.3, -0.25) is 4.79 Å². The maximum atomic E-state index is 11.2. The molecule has 0 unspecified atom stereocenters. The maximum Gasteiger partial charge on any atom is 0.305 e. The zero-order valence-electron chi connectivity index (χ0n) is 16.9. The van der Waals surface area contributed by atoms with Crippen LogP contribution in [0.3, 0.4) is 0 Å². The monoisotopic (exact) mass is 299 g/mol. The number of ether oxygens (including phenoxy) is 1. The van der Waals surface area contributed by atoms with Gasteiger partial charge in [0.1, 0.15) is 0 Å². The standard InChI is InChI=1S/C19H36O2/c1-3-4-5-6-7-8-9-10-11-12-13-14-15-16-17-18-19(20)21-2/h8-9H,3-7,10-18H2,1-2H3/b9-8+/i2D3. The Morgan fingerprint density at radius 1 is 0.857 bits per heavy atom. The van der Waals surface area contributed by atoms with Crippen LogP contribution in [0.4, 0.5) is 0 Å². The molecule has 0 N–H and O–H groups in total. The van der Waals surface area contributed by atoms with Crippen LogP contribution in [0.15, 0.2) is 12.2 Å². The van der Waals surface area contributed by atoms with Gasteiger partial charge in [-0.25, -0.2) is 0 Å². The first-order valence-corrected chi connectivity index (χ1v) is 8.82. The normalized spacial score (nSPS) is 13.9. The topological polar surface area (TPSA) is 26.3 Å². The largest absolute Gasteiger partial charge is 0.469 e. The molecule has 124 valence electrons. The van der Waals surface area contributed by atoms with Gasteiger partial charge < -0.3 is 4.74 Å². The van der Waals surface area contributed by atoms with Crippen LogP contribution in [-0.4, -0.2) is 13.0 Å². The number of hydrogen-bond donors (Lipinski definition) is 0. The van der Waals surface area contributed by atoms with Gasteiger partial charge in [0.2, 0.25) is 0 Å². The van der Waals surface area contributed by atoms with E-state index in [0.29, 0.717) is 0 Å². The van der Waals surface area contributed by atoms with Crippen molar-refractivity contribution in [3.63, 3.8) is 0 Å². The molecule has 21 heavy (non-hydrogen) atoms. The number of esters is 1. The predicted molar refractivity (Wildman–Crippen MR) is 91.5 cm³/mol. The summed E-state index contributed by atoms with van der Waals surface area (Å²) in [5, 5.41) is 0. The van der Waals surface area contributed by atoms with Crippen LogP contribution >= 0.6 is 0 Å². The number of carbonyl (C=O) groups excluding carboxylic acids is 1. The van der Waals surface area contributed by atoms with Crippen molar-refractivity contribution in [3.05, 3.63) is 12.2 Å². The first-order chi connectivity index (χ1) is 11.5. The summed E-state index contributed by atoms with van der Waals surface area (Å²) in [6.07, 6.45) is 20.4. The van der Waals surface area contributed by atoms with Crippen LogP contribution in [-0.2, 0) is 9.53 Å². The van der Waals surface area contributed by atoms with Crippen LogP contribution in [0.25, 0.3) is 0 Å². The van der Waals surface area contributed by atoms with Crippen LogP contribution in [0.5, 0.6) is 0 Å². The summed E-state index contributed by atoms with van der Waals surface area (Å²) >= 11 is 0. The molecule has 0 bridgehead atoms. The Balaban J connectivity index is 3.23. The van der Waals surface area contributed by atoms with Gasteiger partial charge in [0.15, 0.2) is 0 Å². The van der Waals surface area contributed by atoms with Crippen LogP contribution in [0.2, 0.25) is 0 Å². The zero-order valence-corrected chi connectivity index (χ0v) is 13.9. The van der Waals surface area contributed by atoms with Crippen molar-refractivity contribution < 1.29 is 13.6 Å². The first-order valence-electron chi connectivity index (χ1n) is 10.3. The third-order valence-electron chi connectivity index (χ3n) is 3.76. The van der Waals surface area contributed by atoms with Crippen molar-refractivity contribution >= 4 is 5.97 Å². The summed E-state index contributed by atoms with van der Waals surface area (Å²) in [4.78, 5) is 11.2. The number of methoxy groups -OCH3 is 1. The molecule has 0 spiro atoms. The van der Waals surface area contributed by atoms with E-state index in [4.69, 9.17) is 4.11 Å². The second-order valence-corrected chi connectivity index (χ2v) is 5.81. The van der Waals surface area contributed by atoms with Gasteiger partial charge in [-0.15, -0.1) is 0 Å². The summed E-state index contributed by atoms with van der Waals surface area (Å²) in [5.41, 5.74) is 0. The Hall–Kier alpha value is -0.790. The van der Waals surface area contributed by atoms with Gasteiger partial charge in [0, 0.05) is 6.42 Å². The average Bonchev–Trinajstić information content (AvgIpc) is 2.49. The fourth-order valence-electron chi connectivity index (χ4n) is 2.39. The molecule has 0 aromatic carbocycles. The Morgan fingerprint density at radius 3 is 1.95 bits per heavy atom.